The molecule has 0 saturated heterocycles. The average molecular weight is 423 g/mol. The maximum absolute atomic E-state index is 7.02. The Hall–Kier alpha value is -1.78. The minimum atomic E-state index is -0.388. The molecule has 1 atom stereocenters. The predicted molar refractivity (Wildman–Crippen MR) is 131 cm³/mol. The van der Waals surface area contributed by atoms with E-state index >= 15 is 0 Å². The van der Waals surface area contributed by atoms with Crippen molar-refractivity contribution in [2.75, 3.05) is 6.54 Å². The van der Waals surface area contributed by atoms with Gasteiger partial charge in [0.05, 0.1) is 16.9 Å². The molecule has 2 aromatic rings. The standard InChI is InChI=1S/C27H42N4/c1-3-5-7-9-11-13-21-31-27(24(28)18-12-10-8-6-4-2)22-16-14-19-29-25(22)26-23(27)17-15-20-30-26/h14-17,19-20,24,31H,3-13,18,21,28H2,1-2H3. The highest BCUT2D eigenvalue weighted by Crippen LogP contribution is 2.47. The summed E-state index contributed by atoms with van der Waals surface area (Å²) >= 11 is 0. The first-order valence-corrected chi connectivity index (χ1v) is 12.7. The molecule has 0 saturated carbocycles. The molecule has 0 fully saturated rings. The Morgan fingerprint density at radius 2 is 1.29 bits per heavy atom. The Bertz CT molecular complexity index is 743. The van der Waals surface area contributed by atoms with Crippen molar-refractivity contribution in [1.29, 1.82) is 0 Å². The molecule has 4 heteroatoms. The van der Waals surface area contributed by atoms with Crippen LogP contribution in [0.1, 0.15) is 102 Å². The number of fused-ring (bicyclic) bond motifs is 3. The number of hydrogen-bond donors (Lipinski definition) is 2. The van der Waals surface area contributed by atoms with Crippen LogP contribution in [0.5, 0.6) is 0 Å². The summed E-state index contributed by atoms with van der Waals surface area (Å²) in [7, 11) is 0. The summed E-state index contributed by atoms with van der Waals surface area (Å²) in [4.78, 5) is 9.44. The molecule has 31 heavy (non-hydrogen) atoms. The molecule has 1 aliphatic rings. The van der Waals surface area contributed by atoms with E-state index in [1.165, 1.54) is 81.8 Å². The van der Waals surface area contributed by atoms with Crippen LogP contribution >= 0.6 is 0 Å². The molecule has 0 spiro atoms. The van der Waals surface area contributed by atoms with Gasteiger partial charge in [0.25, 0.3) is 0 Å². The van der Waals surface area contributed by atoms with E-state index in [0.717, 1.165) is 24.4 Å². The molecular weight excluding hydrogens is 380 g/mol. The van der Waals surface area contributed by atoms with Crippen LogP contribution < -0.4 is 11.1 Å². The fraction of sp³-hybridized carbons (Fsp3) is 0.630. The normalized spacial score (nSPS) is 14.9. The second-order valence-electron chi connectivity index (χ2n) is 9.11. The van der Waals surface area contributed by atoms with Crippen LogP contribution in [-0.4, -0.2) is 22.6 Å². The van der Waals surface area contributed by atoms with E-state index in [-0.39, 0.29) is 11.6 Å². The number of nitrogens with one attached hydrogen (secondary N) is 1. The average Bonchev–Trinajstić information content (AvgIpc) is 3.09. The lowest BCUT2D eigenvalue weighted by Gasteiger charge is -2.38. The summed E-state index contributed by atoms with van der Waals surface area (Å²) in [5, 5.41) is 3.95. The van der Waals surface area contributed by atoms with Gasteiger partial charge in [-0.05, 0) is 31.5 Å². The summed E-state index contributed by atoms with van der Waals surface area (Å²) in [5.41, 5.74) is 11.0. The zero-order chi connectivity index (χ0) is 21.9. The molecule has 4 nitrogen and oxygen atoms in total. The van der Waals surface area contributed by atoms with Gasteiger partial charge < -0.3 is 11.1 Å². The van der Waals surface area contributed by atoms with E-state index in [2.05, 4.69) is 31.3 Å². The zero-order valence-corrected chi connectivity index (χ0v) is 19.7. The fourth-order valence-corrected chi connectivity index (χ4v) is 5.07. The number of aromatic nitrogens is 2. The van der Waals surface area contributed by atoms with E-state index in [1.807, 2.05) is 24.5 Å². The number of hydrogen-bond acceptors (Lipinski definition) is 4. The SMILES string of the molecule is CCCCCCCCNC1(C(N)CCCCCCC)c2cccnc2-c2ncccc21. The largest absolute Gasteiger partial charge is 0.325 e. The van der Waals surface area contributed by atoms with Crippen molar-refractivity contribution in [2.24, 2.45) is 5.73 Å². The van der Waals surface area contributed by atoms with Crippen LogP contribution in [0.25, 0.3) is 11.4 Å². The first-order valence-electron chi connectivity index (χ1n) is 12.7. The van der Waals surface area contributed by atoms with Crippen LogP contribution in [0.2, 0.25) is 0 Å². The summed E-state index contributed by atoms with van der Waals surface area (Å²) in [6, 6.07) is 8.49. The number of nitrogens with two attached hydrogens (primary N) is 1. The molecule has 1 unspecified atom stereocenters. The van der Waals surface area contributed by atoms with Crippen molar-refractivity contribution < 1.29 is 0 Å². The highest BCUT2D eigenvalue weighted by molar-refractivity contribution is 5.75. The van der Waals surface area contributed by atoms with Crippen molar-refractivity contribution in [1.82, 2.24) is 15.3 Å². The third-order valence-corrected chi connectivity index (χ3v) is 6.80. The Kier molecular flexibility index (Phi) is 9.48. The maximum atomic E-state index is 7.02. The van der Waals surface area contributed by atoms with Gasteiger partial charge in [-0.2, -0.15) is 0 Å². The van der Waals surface area contributed by atoms with E-state index in [4.69, 9.17) is 15.7 Å². The Morgan fingerprint density at radius 1 is 0.774 bits per heavy atom. The van der Waals surface area contributed by atoms with Gasteiger partial charge in [-0.3, -0.25) is 9.97 Å². The molecule has 1 aliphatic carbocycles. The van der Waals surface area contributed by atoms with Crippen LogP contribution in [0, 0.1) is 0 Å². The highest BCUT2D eigenvalue weighted by Gasteiger charge is 2.48. The van der Waals surface area contributed by atoms with Gasteiger partial charge in [-0.15, -0.1) is 0 Å². The zero-order valence-electron chi connectivity index (χ0n) is 19.7. The Morgan fingerprint density at radius 3 is 1.87 bits per heavy atom. The molecule has 3 N–H and O–H groups in total. The van der Waals surface area contributed by atoms with Crippen molar-refractivity contribution in [2.45, 2.75) is 102 Å². The molecule has 0 aromatic carbocycles. The van der Waals surface area contributed by atoms with Gasteiger partial charge in [-0.25, -0.2) is 0 Å². The van der Waals surface area contributed by atoms with E-state index in [0.29, 0.717) is 0 Å². The van der Waals surface area contributed by atoms with E-state index in [1.54, 1.807) is 0 Å². The summed E-state index contributed by atoms with van der Waals surface area (Å²) in [6.07, 6.45) is 18.8. The third kappa shape index (κ3) is 5.53. The summed E-state index contributed by atoms with van der Waals surface area (Å²) in [6.45, 7) is 5.50. The molecule has 0 bridgehead atoms. The topological polar surface area (TPSA) is 63.8 Å². The van der Waals surface area contributed by atoms with Gasteiger partial charge in [0, 0.05) is 29.6 Å². The van der Waals surface area contributed by atoms with Crippen LogP contribution in [0.15, 0.2) is 36.7 Å². The minimum Gasteiger partial charge on any atom is -0.325 e. The Labute approximate surface area is 189 Å². The van der Waals surface area contributed by atoms with Crippen molar-refractivity contribution in [3.63, 3.8) is 0 Å². The molecule has 0 radical (unpaired) electrons. The molecule has 2 aromatic heterocycles. The lowest BCUT2D eigenvalue weighted by molar-refractivity contribution is 0.310. The van der Waals surface area contributed by atoms with Crippen LogP contribution in [0.4, 0.5) is 0 Å². The van der Waals surface area contributed by atoms with Crippen molar-refractivity contribution in [3.05, 3.63) is 47.8 Å². The third-order valence-electron chi connectivity index (χ3n) is 6.80. The lowest BCUT2D eigenvalue weighted by Crippen LogP contribution is -2.55. The molecule has 0 amide bonds. The van der Waals surface area contributed by atoms with Crippen LogP contribution in [-0.2, 0) is 5.54 Å². The second-order valence-corrected chi connectivity index (χ2v) is 9.11. The van der Waals surface area contributed by atoms with E-state index in [9.17, 15) is 0 Å². The lowest BCUT2D eigenvalue weighted by atomic mass is 9.79. The minimum absolute atomic E-state index is 0.00242. The van der Waals surface area contributed by atoms with E-state index < -0.39 is 0 Å². The van der Waals surface area contributed by atoms with Crippen molar-refractivity contribution in [3.8, 4) is 11.4 Å². The molecular formula is C27H42N4. The monoisotopic (exact) mass is 422 g/mol. The second kappa shape index (κ2) is 12.3. The molecule has 2 heterocycles. The van der Waals surface area contributed by atoms with Gasteiger partial charge in [0.2, 0.25) is 0 Å². The predicted octanol–water partition coefficient (Wildman–Crippen LogP) is 6.34. The van der Waals surface area contributed by atoms with Gasteiger partial charge in [-0.1, -0.05) is 90.2 Å². The fourth-order valence-electron chi connectivity index (χ4n) is 5.07. The number of rotatable bonds is 15. The number of pyridine rings is 2. The maximum Gasteiger partial charge on any atom is 0.0944 e. The van der Waals surface area contributed by atoms with Gasteiger partial charge in [0.1, 0.15) is 0 Å². The molecule has 0 aliphatic heterocycles. The highest BCUT2D eigenvalue weighted by atomic mass is 15.0. The van der Waals surface area contributed by atoms with Crippen molar-refractivity contribution >= 4 is 0 Å². The van der Waals surface area contributed by atoms with Gasteiger partial charge >= 0.3 is 0 Å². The first kappa shape index (κ1) is 23.9. The van der Waals surface area contributed by atoms with Crippen LogP contribution in [0.3, 0.4) is 0 Å². The Balaban J connectivity index is 1.78. The number of unbranched alkanes of at least 4 members (excludes halogenated alkanes) is 9. The quantitative estimate of drug-likeness (QED) is 0.329. The summed E-state index contributed by atoms with van der Waals surface area (Å²) in [5.74, 6) is 0. The molecule has 3 rings (SSSR count). The molecule has 170 valence electrons. The smallest absolute Gasteiger partial charge is 0.0944 e. The van der Waals surface area contributed by atoms with Gasteiger partial charge in [0.15, 0.2) is 0 Å². The first-order chi connectivity index (χ1) is 15.3. The number of nitrogens with zero attached hydrogens (tertiary/aromatic N) is 2. The summed E-state index contributed by atoms with van der Waals surface area (Å²) < 4.78 is 0.